The number of halogens is 1. The zero-order valence-electron chi connectivity index (χ0n) is 10.8. The number of amides is 1. The monoisotopic (exact) mass is 274 g/mol. The van der Waals surface area contributed by atoms with Crippen molar-refractivity contribution in [3.63, 3.8) is 0 Å². The predicted octanol–water partition coefficient (Wildman–Crippen LogP) is 3.79. The molecule has 0 aliphatic rings. The van der Waals surface area contributed by atoms with Crippen LogP contribution in [0.2, 0.25) is 5.02 Å². The topological polar surface area (TPSA) is 55.1 Å². The highest BCUT2D eigenvalue weighted by atomic mass is 35.5. The summed E-state index contributed by atoms with van der Waals surface area (Å²) in [7, 11) is 0. The number of hydrogen-bond acceptors (Lipinski definition) is 2. The molecule has 98 valence electrons. The van der Waals surface area contributed by atoms with Gasteiger partial charge in [-0.05, 0) is 43.2 Å². The van der Waals surface area contributed by atoms with E-state index in [1.165, 1.54) is 0 Å². The lowest BCUT2D eigenvalue weighted by Gasteiger charge is -2.12. The third-order valence-corrected chi connectivity index (χ3v) is 3.21. The molecule has 2 rings (SSSR count). The Kier molecular flexibility index (Phi) is 3.76. The van der Waals surface area contributed by atoms with Crippen LogP contribution in [0.5, 0.6) is 0 Å². The minimum Gasteiger partial charge on any atom is -0.398 e. The summed E-state index contributed by atoms with van der Waals surface area (Å²) in [5.74, 6) is -0.221. The first-order chi connectivity index (χ1) is 8.99. The van der Waals surface area contributed by atoms with Crippen LogP contribution in [0.25, 0.3) is 0 Å². The smallest absolute Gasteiger partial charge is 0.258 e. The second kappa shape index (κ2) is 5.33. The lowest BCUT2D eigenvalue weighted by molar-refractivity contribution is 0.102. The zero-order chi connectivity index (χ0) is 14.0. The standard InChI is InChI=1S/C15H15ClN2O/c1-9-6-7-11(16)8-13(9)18-15(19)14-10(2)4-3-5-12(14)17/h3-8H,17H2,1-2H3,(H,18,19). The third kappa shape index (κ3) is 2.88. The maximum atomic E-state index is 12.3. The van der Waals surface area contributed by atoms with Crippen molar-refractivity contribution < 1.29 is 4.79 Å². The molecule has 1 amide bonds. The van der Waals surface area contributed by atoms with E-state index in [4.69, 9.17) is 17.3 Å². The summed E-state index contributed by atoms with van der Waals surface area (Å²) in [6, 6.07) is 10.8. The van der Waals surface area contributed by atoms with E-state index in [2.05, 4.69) is 5.32 Å². The van der Waals surface area contributed by atoms with Gasteiger partial charge in [0.05, 0.1) is 5.56 Å². The zero-order valence-corrected chi connectivity index (χ0v) is 11.6. The molecule has 0 unspecified atom stereocenters. The van der Waals surface area contributed by atoms with E-state index in [0.29, 0.717) is 22.0 Å². The van der Waals surface area contributed by atoms with Gasteiger partial charge in [0.1, 0.15) is 0 Å². The maximum Gasteiger partial charge on any atom is 0.258 e. The molecule has 0 heterocycles. The molecular formula is C15H15ClN2O. The second-order valence-electron chi connectivity index (χ2n) is 4.45. The van der Waals surface area contributed by atoms with Crippen molar-refractivity contribution in [2.45, 2.75) is 13.8 Å². The number of carbonyl (C=O) groups excluding carboxylic acids is 1. The van der Waals surface area contributed by atoms with Gasteiger partial charge in [-0.2, -0.15) is 0 Å². The molecule has 3 N–H and O–H groups in total. The van der Waals surface area contributed by atoms with Gasteiger partial charge in [-0.3, -0.25) is 4.79 Å². The predicted molar refractivity (Wildman–Crippen MR) is 79.7 cm³/mol. The number of benzene rings is 2. The summed E-state index contributed by atoms with van der Waals surface area (Å²) in [6.07, 6.45) is 0. The highest BCUT2D eigenvalue weighted by molar-refractivity contribution is 6.31. The Morgan fingerprint density at radius 3 is 2.58 bits per heavy atom. The van der Waals surface area contributed by atoms with Crippen LogP contribution >= 0.6 is 11.6 Å². The molecule has 0 aliphatic carbocycles. The first-order valence-electron chi connectivity index (χ1n) is 5.91. The lowest BCUT2D eigenvalue weighted by Crippen LogP contribution is -2.16. The highest BCUT2D eigenvalue weighted by Gasteiger charge is 2.13. The van der Waals surface area contributed by atoms with E-state index < -0.39 is 0 Å². The molecule has 0 fully saturated rings. The van der Waals surface area contributed by atoms with Crippen LogP contribution in [0.1, 0.15) is 21.5 Å². The summed E-state index contributed by atoms with van der Waals surface area (Å²) < 4.78 is 0. The molecule has 0 saturated heterocycles. The van der Waals surface area contributed by atoms with E-state index in [1.807, 2.05) is 32.0 Å². The SMILES string of the molecule is Cc1ccc(Cl)cc1NC(=O)c1c(C)cccc1N. The number of hydrogen-bond donors (Lipinski definition) is 2. The van der Waals surface area contributed by atoms with Crippen LogP contribution in [0.4, 0.5) is 11.4 Å². The summed E-state index contributed by atoms with van der Waals surface area (Å²) in [4.78, 5) is 12.3. The van der Waals surface area contributed by atoms with Crippen LogP contribution in [-0.4, -0.2) is 5.91 Å². The van der Waals surface area contributed by atoms with Crippen molar-refractivity contribution in [3.05, 3.63) is 58.1 Å². The molecule has 0 spiro atoms. The van der Waals surface area contributed by atoms with Gasteiger partial charge >= 0.3 is 0 Å². The minimum absolute atomic E-state index is 0.221. The molecule has 0 aromatic heterocycles. The Hall–Kier alpha value is -2.00. The molecular weight excluding hydrogens is 260 g/mol. The fourth-order valence-electron chi connectivity index (χ4n) is 1.91. The summed E-state index contributed by atoms with van der Waals surface area (Å²) in [6.45, 7) is 3.77. The molecule has 0 saturated carbocycles. The average Bonchev–Trinajstić information content (AvgIpc) is 2.33. The van der Waals surface area contributed by atoms with Crippen LogP contribution in [0, 0.1) is 13.8 Å². The molecule has 2 aromatic carbocycles. The van der Waals surface area contributed by atoms with Gasteiger partial charge in [-0.25, -0.2) is 0 Å². The number of nitrogens with two attached hydrogens (primary N) is 1. The van der Waals surface area contributed by atoms with Crippen LogP contribution in [0.15, 0.2) is 36.4 Å². The molecule has 19 heavy (non-hydrogen) atoms. The molecule has 2 aromatic rings. The molecule has 3 nitrogen and oxygen atoms in total. The van der Waals surface area contributed by atoms with E-state index >= 15 is 0 Å². The fraction of sp³-hybridized carbons (Fsp3) is 0.133. The normalized spacial score (nSPS) is 10.3. The Morgan fingerprint density at radius 2 is 1.89 bits per heavy atom. The van der Waals surface area contributed by atoms with Crippen LogP contribution in [0.3, 0.4) is 0 Å². The number of aryl methyl sites for hydroxylation is 2. The Morgan fingerprint density at radius 1 is 1.16 bits per heavy atom. The van der Waals surface area contributed by atoms with Crippen molar-refractivity contribution in [3.8, 4) is 0 Å². The van der Waals surface area contributed by atoms with E-state index in [0.717, 1.165) is 11.1 Å². The van der Waals surface area contributed by atoms with Gasteiger partial charge in [0.15, 0.2) is 0 Å². The molecule has 4 heteroatoms. The van der Waals surface area contributed by atoms with Crippen LogP contribution in [-0.2, 0) is 0 Å². The fourth-order valence-corrected chi connectivity index (χ4v) is 2.09. The first kappa shape index (κ1) is 13.4. The van der Waals surface area contributed by atoms with Crippen molar-refractivity contribution in [1.82, 2.24) is 0 Å². The maximum absolute atomic E-state index is 12.3. The average molecular weight is 275 g/mol. The summed E-state index contributed by atoms with van der Waals surface area (Å²) in [5, 5.41) is 3.43. The van der Waals surface area contributed by atoms with Gasteiger partial charge in [0.25, 0.3) is 5.91 Å². The Labute approximate surface area is 117 Å². The van der Waals surface area contributed by atoms with Gasteiger partial charge in [-0.1, -0.05) is 29.8 Å². The number of nitrogens with one attached hydrogen (secondary N) is 1. The van der Waals surface area contributed by atoms with Gasteiger partial charge in [0.2, 0.25) is 0 Å². The van der Waals surface area contributed by atoms with Gasteiger partial charge < -0.3 is 11.1 Å². The number of nitrogen functional groups attached to an aromatic ring is 1. The minimum atomic E-state index is -0.221. The van der Waals surface area contributed by atoms with Gasteiger partial charge in [-0.15, -0.1) is 0 Å². The van der Waals surface area contributed by atoms with Crippen molar-refractivity contribution in [2.24, 2.45) is 0 Å². The van der Waals surface area contributed by atoms with E-state index in [1.54, 1.807) is 18.2 Å². The first-order valence-corrected chi connectivity index (χ1v) is 6.29. The van der Waals surface area contributed by atoms with Gasteiger partial charge in [0, 0.05) is 16.4 Å². The van der Waals surface area contributed by atoms with E-state index in [9.17, 15) is 4.79 Å². The number of carbonyl (C=O) groups is 1. The second-order valence-corrected chi connectivity index (χ2v) is 4.89. The molecule has 0 aliphatic heterocycles. The van der Waals surface area contributed by atoms with Crippen LogP contribution < -0.4 is 11.1 Å². The van der Waals surface area contributed by atoms with Crippen molar-refractivity contribution >= 4 is 28.9 Å². The summed E-state index contributed by atoms with van der Waals surface area (Å²) in [5.41, 5.74) is 9.32. The van der Waals surface area contributed by atoms with Crippen molar-refractivity contribution in [2.75, 3.05) is 11.1 Å². The Balaban J connectivity index is 2.34. The highest BCUT2D eigenvalue weighted by Crippen LogP contribution is 2.23. The lowest BCUT2D eigenvalue weighted by atomic mass is 10.1. The molecule has 0 bridgehead atoms. The van der Waals surface area contributed by atoms with Crippen molar-refractivity contribution in [1.29, 1.82) is 0 Å². The molecule has 0 atom stereocenters. The largest absolute Gasteiger partial charge is 0.398 e. The quantitative estimate of drug-likeness (QED) is 0.819. The Bertz CT molecular complexity index is 618. The van der Waals surface area contributed by atoms with E-state index in [-0.39, 0.29) is 5.91 Å². The number of rotatable bonds is 2. The third-order valence-electron chi connectivity index (χ3n) is 2.98. The number of anilines is 2. The summed E-state index contributed by atoms with van der Waals surface area (Å²) >= 11 is 5.93. The molecule has 0 radical (unpaired) electrons.